The van der Waals surface area contributed by atoms with Gasteiger partial charge in [0, 0.05) is 19.3 Å². The highest BCUT2D eigenvalue weighted by Crippen LogP contribution is 2.00. The van der Waals surface area contributed by atoms with Gasteiger partial charge in [0.15, 0.2) is 0 Å². The molecular formula is C10H16BrN3O. The van der Waals surface area contributed by atoms with Crippen molar-refractivity contribution in [3.8, 4) is 0 Å². The zero-order chi connectivity index (χ0) is 11.3. The Morgan fingerprint density at radius 1 is 1.53 bits per heavy atom. The van der Waals surface area contributed by atoms with Gasteiger partial charge in [0.25, 0.3) is 5.56 Å². The summed E-state index contributed by atoms with van der Waals surface area (Å²) in [4.78, 5) is 15.8. The molecule has 1 rings (SSSR count). The van der Waals surface area contributed by atoms with Crippen molar-refractivity contribution in [2.45, 2.75) is 26.8 Å². The highest BCUT2D eigenvalue weighted by molar-refractivity contribution is 9.10. The lowest BCUT2D eigenvalue weighted by molar-refractivity contribution is 0.562. The number of hydrogen-bond acceptors (Lipinski definition) is 3. The number of rotatable bonds is 5. The highest BCUT2D eigenvalue weighted by Gasteiger charge is 2.04. The molecule has 1 heterocycles. The van der Waals surface area contributed by atoms with Gasteiger partial charge in [-0.3, -0.25) is 9.36 Å². The van der Waals surface area contributed by atoms with E-state index in [1.807, 2.05) is 6.92 Å². The lowest BCUT2D eigenvalue weighted by atomic mass is 10.4. The van der Waals surface area contributed by atoms with Crippen LogP contribution in [0.3, 0.4) is 0 Å². The van der Waals surface area contributed by atoms with E-state index in [1.54, 1.807) is 10.8 Å². The Bertz CT molecular complexity index is 375. The highest BCUT2D eigenvalue weighted by atomic mass is 79.9. The molecule has 0 aliphatic carbocycles. The molecule has 0 bridgehead atoms. The summed E-state index contributed by atoms with van der Waals surface area (Å²) in [5, 5.41) is 3.25. The van der Waals surface area contributed by atoms with Crippen molar-refractivity contribution in [2.24, 2.45) is 0 Å². The van der Waals surface area contributed by atoms with E-state index < -0.39 is 0 Å². The third-order valence-corrected chi connectivity index (χ3v) is 2.69. The molecular weight excluding hydrogens is 258 g/mol. The maximum atomic E-state index is 11.7. The molecule has 5 heteroatoms. The van der Waals surface area contributed by atoms with Gasteiger partial charge in [0.1, 0.15) is 10.3 Å². The van der Waals surface area contributed by atoms with Gasteiger partial charge in [-0.25, -0.2) is 4.98 Å². The Balaban J connectivity index is 2.68. The van der Waals surface area contributed by atoms with Gasteiger partial charge in [0.05, 0.1) is 0 Å². The van der Waals surface area contributed by atoms with Crippen LogP contribution in [0.4, 0.5) is 0 Å². The van der Waals surface area contributed by atoms with Gasteiger partial charge in [-0.1, -0.05) is 6.92 Å². The van der Waals surface area contributed by atoms with Gasteiger partial charge in [-0.2, -0.15) is 0 Å². The first kappa shape index (κ1) is 12.4. The normalized spacial score (nSPS) is 10.6. The topological polar surface area (TPSA) is 46.9 Å². The largest absolute Gasteiger partial charge is 0.315 e. The van der Waals surface area contributed by atoms with Gasteiger partial charge in [0.2, 0.25) is 0 Å². The molecule has 0 saturated carbocycles. The number of hydrogen-bond donors (Lipinski definition) is 1. The van der Waals surface area contributed by atoms with Crippen molar-refractivity contribution in [2.75, 3.05) is 13.1 Å². The minimum absolute atomic E-state index is 0.0131. The van der Waals surface area contributed by atoms with Gasteiger partial charge in [-0.05, 0) is 35.8 Å². The van der Waals surface area contributed by atoms with Crippen LogP contribution in [-0.4, -0.2) is 22.6 Å². The minimum Gasteiger partial charge on any atom is -0.315 e. The summed E-state index contributed by atoms with van der Waals surface area (Å²) in [5.74, 6) is 0.751. The van der Waals surface area contributed by atoms with Crippen LogP contribution in [0, 0.1) is 6.92 Å². The molecule has 0 aliphatic rings. The van der Waals surface area contributed by atoms with Crippen LogP contribution >= 0.6 is 15.9 Å². The predicted octanol–water partition coefficient (Wildman–Crippen LogP) is 1.31. The van der Waals surface area contributed by atoms with Crippen LogP contribution in [0.15, 0.2) is 15.5 Å². The van der Waals surface area contributed by atoms with Gasteiger partial charge < -0.3 is 5.32 Å². The molecule has 0 spiro atoms. The zero-order valence-electron chi connectivity index (χ0n) is 9.09. The molecule has 0 saturated heterocycles. The molecule has 1 aromatic rings. The van der Waals surface area contributed by atoms with E-state index in [2.05, 4.69) is 33.2 Å². The number of halogens is 1. The second kappa shape index (κ2) is 6.02. The molecule has 4 nitrogen and oxygen atoms in total. The summed E-state index contributed by atoms with van der Waals surface area (Å²) in [6.07, 6.45) is 2.65. The Kier molecular flexibility index (Phi) is 4.98. The van der Waals surface area contributed by atoms with Crippen LogP contribution in [-0.2, 0) is 6.54 Å². The van der Waals surface area contributed by atoms with Crippen LogP contribution in [0.2, 0.25) is 0 Å². The smallest absolute Gasteiger partial charge is 0.267 e. The maximum Gasteiger partial charge on any atom is 0.267 e. The van der Waals surface area contributed by atoms with Crippen molar-refractivity contribution >= 4 is 15.9 Å². The lowest BCUT2D eigenvalue weighted by Gasteiger charge is -2.09. The van der Waals surface area contributed by atoms with E-state index in [4.69, 9.17) is 0 Å². The summed E-state index contributed by atoms with van der Waals surface area (Å²) in [7, 11) is 0. The van der Waals surface area contributed by atoms with E-state index in [9.17, 15) is 4.79 Å². The Morgan fingerprint density at radius 3 is 2.93 bits per heavy atom. The van der Waals surface area contributed by atoms with Gasteiger partial charge >= 0.3 is 0 Å². The maximum absolute atomic E-state index is 11.7. The van der Waals surface area contributed by atoms with Crippen molar-refractivity contribution < 1.29 is 0 Å². The van der Waals surface area contributed by atoms with Crippen LogP contribution in [0.1, 0.15) is 19.2 Å². The number of aromatic nitrogens is 2. The van der Waals surface area contributed by atoms with E-state index in [-0.39, 0.29) is 5.56 Å². The minimum atomic E-state index is -0.0131. The quantitative estimate of drug-likeness (QED) is 0.824. The summed E-state index contributed by atoms with van der Waals surface area (Å²) >= 11 is 3.19. The number of nitrogens with one attached hydrogen (secondary N) is 1. The molecule has 1 N–H and O–H groups in total. The van der Waals surface area contributed by atoms with Crippen molar-refractivity contribution in [1.82, 2.24) is 14.9 Å². The first-order valence-corrected chi connectivity index (χ1v) is 5.88. The summed E-state index contributed by atoms with van der Waals surface area (Å²) in [6.45, 7) is 6.40. The molecule has 84 valence electrons. The fourth-order valence-electron chi connectivity index (χ4n) is 1.31. The van der Waals surface area contributed by atoms with E-state index in [0.717, 1.165) is 25.3 Å². The first-order chi connectivity index (χ1) is 7.16. The third kappa shape index (κ3) is 3.43. The lowest BCUT2D eigenvalue weighted by Crippen LogP contribution is -2.29. The second-order valence-electron chi connectivity index (χ2n) is 3.36. The number of aryl methyl sites for hydroxylation is 1. The van der Waals surface area contributed by atoms with Crippen molar-refractivity contribution in [3.05, 3.63) is 26.8 Å². The molecule has 0 fully saturated rings. The second-order valence-corrected chi connectivity index (χ2v) is 4.21. The fourth-order valence-corrected chi connectivity index (χ4v) is 1.62. The average molecular weight is 274 g/mol. The number of nitrogens with zero attached hydrogens (tertiary/aromatic N) is 2. The standard InChI is InChI=1S/C10H16BrN3O/c1-3-4-12-5-6-14-8(2)13-7-9(11)10(14)15/h7,12H,3-6H2,1-2H3. The van der Waals surface area contributed by atoms with Gasteiger partial charge in [-0.15, -0.1) is 0 Å². The summed E-state index contributed by atoms with van der Waals surface area (Å²) in [6, 6.07) is 0. The molecule has 0 aliphatic heterocycles. The first-order valence-electron chi connectivity index (χ1n) is 5.09. The Labute approximate surface area is 97.8 Å². The van der Waals surface area contributed by atoms with E-state index in [1.165, 1.54) is 0 Å². The van der Waals surface area contributed by atoms with Crippen LogP contribution in [0.25, 0.3) is 0 Å². The molecule has 0 radical (unpaired) electrons. The Hall–Kier alpha value is -0.680. The fraction of sp³-hybridized carbons (Fsp3) is 0.600. The predicted molar refractivity (Wildman–Crippen MR) is 64.1 cm³/mol. The molecule has 0 atom stereocenters. The monoisotopic (exact) mass is 273 g/mol. The summed E-state index contributed by atoms with van der Waals surface area (Å²) < 4.78 is 2.19. The average Bonchev–Trinajstić information content (AvgIpc) is 2.23. The van der Waals surface area contributed by atoms with Crippen molar-refractivity contribution in [3.63, 3.8) is 0 Å². The Morgan fingerprint density at radius 2 is 2.27 bits per heavy atom. The third-order valence-electron chi connectivity index (χ3n) is 2.14. The van der Waals surface area contributed by atoms with E-state index >= 15 is 0 Å². The molecule has 0 unspecified atom stereocenters. The molecule has 0 amide bonds. The van der Waals surface area contributed by atoms with Crippen molar-refractivity contribution in [1.29, 1.82) is 0 Å². The zero-order valence-corrected chi connectivity index (χ0v) is 10.7. The molecule has 15 heavy (non-hydrogen) atoms. The van der Waals surface area contributed by atoms with E-state index in [0.29, 0.717) is 11.0 Å². The van der Waals surface area contributed by atoms with Crippen LogP contribution in [0.5, 0.6) is 0 Å². The molecule has 1 aromatic heterocycles. The molecule has 0 aromatic carbocycles. The SMILES string of the molecule is CCCNCCn1c(C)ncc(Br)c1=O. The van der Waals surface area contributed by atoms with Crippen LogP contribution < -0.4 is 10.9 Å². The summed E-state index contributed by atoms with van der Waals surface area (Å²) in [5.41, 5.74) is -0.0131.